The van der Waals surface area contributed by atoms with E-state index in [0.29, 0.717) is 12.8 Å². The first-order chi connectivity index (χ1) is 9.49. The van der Waals surface area contributed by atoms with E-state index in [1.165, 1.54) is 11.8 Å². The summed E-state index contributed by atoms with van der Waals surface area (Å²) in [6.45, 7) is 0. The Morgan fingerprint density at radius 3 is 2.45 bits per heavy atom. The molecule has 0 saturated heterocycles. The number of carbonyl (C=O) groups excluding carboxylic acids is 1. The van der Waals surface area contributed by atoms with Crippen LogP contribution in [-0.4, -0.2) is 40.1 Å². The van der Waals surface area contributed by atoms with Crippen LogP contribution in [-0.2, 0) is 9.59 Å². The number of carboxylic acid groups (broad SMARTS) is 1. The first-order valence-corrected chi connectivity index (χ1v) is 7.93. The number of aliphatic carboxylic acids is 1. The van der Waals surface area contributed by atoms with Crippen LogP contribution in [0.2, 0.25) is 0 Å². The Morgan fingerprint density at radius 1 is 1.35 bits per heavy atom. The lowest BCUT2D eigenvalue weighted by Gasteiger charge is -2.26. The number of carboxylic acids is 1. The van der Waals surface area contributed by atoms with Gasteiger partial charge in [0.05, 0.1) is 11.8 Å². The summed E-state index contributed by atoms with van der Waals surface area (Å²) in [6.07, 6.45) is 5.47. The van der Waals surface area contributed by atoms with Gasteiger partial charge in [-0.1, -0.05) is 25.7 Å². The monoisotopic (exact) mass is 299 g/mol. The van der Waals surface area contributed by atoms with Crippen molar-refractivity contribution in [1.29, 1.82) is 5.26 Å². The summed E-state index contributed by atoms with van der Waals surface area (Å²) in [6, 6.07) is 1.28. The Bertz CT molecular complexity index is 387. The van der Waals surface area contributed by atoms with Crippen molar-refractivity contribution < 1.29 is 14.7 Å². The van der Waals surface area contributed by atoms with Gasteiger partial charge in [-0.25, -0.2) is 0 Å². The van der Waals surface area contributed by atoms with Gasteiger partial charge in [0, 0.05) is 5.75 Å². The van der Waals surface area contributed by atoms with Crippen LogP contribution < -0.4 is 11.1 Å². The molecule has 0 spiro atoms. The largest absolute Gasteiger partial charge is 0.480 e. The average Bonchev–Trinajstić information content (AvgIpc) is 2.64. The molecule has 1 atom stereocenters. The van der Waals surface area contributed by atoms with Crippen LogP contribution in [0.25, 0.3) is 0 Å². The quantitative estimate of drug-likeness (QED) is 0.626. The molecule has 1 aliphatic rings. The van der Waals surface area contributed by atoms with E-state index in [1.54, 1.807) is 0 Å². The van der Waals surface area contributed by atoms with Gasteiger partial charge in [0.2, 0.25) is 5.91 Å². The fraction of sp³-hybridized carbons (Fsp3) is 0.769. The van der Waals surface area contributed by atoms with Crippen LogP contribution in [0.15, 0.2) is 0 Å². The van der Waals surface area contributed by atoms with Crippen molar-refractivity contribution in [1.82, 2.24) is 5.32 Å². The number of amides is 1. The lowest BCUT2D eigenvalue weighted by atomic mass is 9.92. The van der Waals surface area contributed by atoms with Crippen molar-refractivity contribution in [3.8, 4) is 6.07 Å². The van der Waals surface area contributed by atoms with Gasteiger partial charge in [0.25, 0.3) is 0 Å². The Hall–Kier alpha value is -1.26. The van der Waals surface area contributed by atoms with Gasteiger partial charge in [-0.2, -0.15) is 5.26 Å². The fourth-order valence-corrected chi connectivity index (χ4v) is 3.02. The van der Waals surface area contributed by atoms with E-state index in [4.69, 9.17) is 10.8 Å². The topological polar surface area (TPSA) is 116 Å². The van der Waals surface area contributed by atoms with Crippen molar-refractivity contribution in [2.45, 2.75) is 50.1 Å². The molecule has 1 saturated carbocycles. The summed E-state index contributed by atoms with van der Waals surface area (Å²) in [5, 5.41) is 20.8. The van der Waals surface area contributed by atoms with Crippen LogP contribution in [0.1, 0.15) is 38.5 Å². The second-order valence-electron chi connectivity index (χ2n) is 5.12. The number of thioether (sulfide) groups is 1. The van der Waals surface area contributed by atoms with Crippen LogP contribution in [0.4, 0.5) is 0 Å². The minimum Gasteiger partial charge on any atom is -0.480 e. The standard InChI is InChI=1S/C13H21N3O3S/c14-9-13(5-3-1-2-4-6-13)16-11(17)8-20-7-10(15)12(18)19/h10H,1-8,15H2,(H,16,17)(H,18,19)/t10-/m0/s1. The number of nitrogens with zero attached hydrogens (tertiary/aromatic N) is 1. The van der Waals surface area contributed by atoms with Crippen molar-refractivity contribution >= 4 is 23.6 Å². The fourth-order valence-electron chi connectivity index (χ4n) is 2.25. The van der Waals surface area contributed by atoms with E-state index in [1.807, 2.05) is 0 Å². The molecule has 6 nitrogen and oxygen atoms in total. The zero-order chi connectivity index (χ0) is 15.0. The summed E-state index contributed by atoms with van der Waals surface area (Å²) < 4.78 is 0. The maximum absolute atomic E-state index is 11.9. The molecule has 0 aromatic heterocycles. The smallest absolute Gasteiger partial charge is 0.321 e. The molecule has 0 aliphatic heterocycles. The normalized spacial score (nSPS) is 19.4. The van der Waals surface area contributed by atoms with Crippen molar-refractivity contribution in [3.63, 3.8) is 0 Å². The highest BCUT2D eigenvalue weighted by Crippen LogP contribution is 2.26. The Balaban J connectivity index is 2.39. The van der Waals surface area contributed by atoms with Crippen LogP contribution in [0.5, 0.6) is 0 Å². The minimum atomic E-state index is -1.07. The summed E-state index contributed by atoms with van der Waals surface area (Å²) in [4.78, 5) is 22.4. The molecule has 112 valence electrons. The molecular formula is C13H21N3O3S. The molecule has 0 unspecified atom stereocenters. The highest BCUT2D eigenvalue weighted by atomic mass is 32.2. The number of hydrogen-bond donors (Lipinski definition) is 3. The molecule has 1 rings (SSSR count). The van der Waals surface area contributed by atoms with Gasteiger partial charge in [-0.05, 0) is 12.8 Å². The van der Waals surface area contributed by atoms with Gasteiger partial charge in [-0.15, -0.1) is 11.8 Å². The maximum Gasteiger partial charge on any atom is 0.321 e. The van der Waals surface area contributed by atoms with Crippen LogP contribution in [0.3, 0.4) is 0 Å². The summed E-state index contributed by atoms with van der Waals surface area (Å²) in [5.74, 6) is -0.988. The zero-order valence-electron chi connectivity index (χ0n) is 11.4. The third-order valence-corrected chi connectivity index (χ3v) is 4.46. The summed E-state index contributed by atoms with van der Waals surface area (Å²) in [5.41, 5.74) is 4.61. The number of carbonyl (C=O) groups is 2. The van der Waals surface area contributed by atoms with E-state index in [2.05, 4.69) is 11.4 Å². The molecule has 0 heterocycles. The van der Waals surface area contributed by atoms with E-state index in [0.717, 1.165) is 25.7 Å². The van der Waals surface area contributed by atoms with Crippen LogP contribution >= 0.6 is 11.8 Å². The summed E-state index contributed by atoms with van der Waals surface area (Å²) >= 11 is 1.17. The average molecular weight is 299 g/mol. The van der Waals surface area contributed by atoms with E-state index in [9.17, 15) is 14.9 Å². The first kappa shape index (κ1) is 16.8. The number of hydrogen-bond acceptors (Lipinski definition) is 5. The number of rotatable bonds is 6. The Labute approximate surface area is 123 Å². The molecular weight excluding hydrogens is 278 g/mol. The van der Waals surface area contributed by atoms with Gasteiger partial charge in [0.1, 0.15) is 11.6 Å². The Morgan fingerprint density at radius 2 is 1.95 bits per heavy atom. The molecule has 7 heteroatoms. The Kier molecular flexibility index (Phi) is 6.82. The molecule has 1 fully saturated rings. The van der Waals surface area contributed by atoms with E-state index >= 15 is 0 Å². The lowest BCUT2D eigenvalue weighted by molar-refractivity contribution is -0.138. The van der Waals surface area contributed by atoms with Gasteiger partial charge in [0.15, 0.2) is 0 Å². The predicted octanol–water partition coefficient (Wildman–Crippen LogP) is 0.864. The van der Waals surface area contributed by atoms with Crippen LogP contribution in [0, 0.1) is 11.3 Å². The number of nitrogens with two attached hydrogens (primary N) is 1. The van der Waals surface area contributed by atoms with E-state index < -0.39 is 17.6 Å². The van der Waals surface area contributed by atoms with Gasteiger partial charge in [-0.3, -0.25) is 9.59 Å². The predicted molar refractivity (Wildman–Crippen MR) is 77.1 cm³/mol. The molecule has 0 aromatic carbocycles. The maximum atomic E-state index is 11.9. The third kappa shape index (κ3) is 5.39. The zero-order valence-corrected chi connectivity index (χ0v) is 12.2. The second kappa shape index (κ2) is 8.12. The lowest BCUT2D eigenvalue weighted by Crippen LogP contribution is -2.48. The number of nitrogens with one attached hydrogen (secondary N) is 1. The molecule has 20 heavy (non-hydrogen) atoms. The van der Waals surface area contributed by atoms with Crippen molar-refractivity contribution in [2.24, 2.45) is 5.73 Å². The minimum absolute atomic E-state index is 0.129. The third-order valence-electron chi connectivity index (χ3n) is 3.40. The molecule has 1 aliphatic carbocycles. The van der Waals surface area contributed by atoms with E-state index in [-0.39, 0.29) is 17.4 Å². The highest BCUT2D eigenvalue weighted by Gasteiger charge is 2.32. The number of nitriles is 1. The van der Waals surface area contributed by atoms with Gasteiger partial charge >= 0.3 is 5.97 Å². The molecule has 0 aromatic rings. The molecule has 4 N–H and O–H groups in total. The van der Waals surface area contributed by atoms with Crippen molar-refractivity contribution in [3.05, 3.63) is 0 Å². The SMILES string of the molecule is N#CC1(NC(=O)CSC[C@H](N)C(=O)O)CCCCCC1. The molecule has 1 amide bonds. The first-order valence-electron chi connectivity index (χ1n) is 6.77. The second-order valence-corrected chi connectivity index (χ2v) is 6.15. The van der Waals surface area contributed by atoms with Crippen molar-refractivity contribution in [2.75, 3.05) is 11.5 Å². The molecule has 0 radical (unpaired) electrons. The summed E-state index contributed by atoms with van der Waals surface area (Å²) in [7, 11) is 0. The highest BCUT2D eigenvalue weighted by molar-refractivity contribution is 8.00. The van der Waals surface area contributed by atoms with Gasteiger partial charge < -0.3 is 16.2 Å². The molecule has 0 bridgehead atoms.